The van der Waals surface area contributed by atoms with Crippen LogP contribution in [-0.4, -0.2) is 38.6 Å². The molecule has 0 aliphatic carbocycles. The zero-order chi connectivity index (χ0) is 11.8. The van der Waals surface area contributed by atoms with E-state index in [1.165, 1.54) is 24.3 Å². The molecule has 1 aromatic rings. The molecule has 0 aromatic carbocycles. The maximum Gasteiger partial charge on any atom is 0.0931 e. The molecule has 0 amide bonds. The monoisotopic (exact) mass is 260 g/mol. The summed E-state index contributed by atoms with van der Waals surface area (Å²) >= 11 is 7.58. The minimum absolute atomic E-state index is 0.895. The molecule has 92 valence electrons. The Labute approximate surface area is 108 Å². The third-order valence-corrected chi connectivity index (χ3v) is 3.88. The maximum atomic E-state index is 5.89. The molecule has 16 heavy (non-hydrogen) atoms. The quantitative estimate of drug-likeness (QED) is 0.723. The zero-order valence-corrected chi connectivity index (χ0v) is 11.7. The predicted octanol–water partition coefficient (Wildman–Crippen LogP) is 2.88. The minimum Gasteiger partial charge on any atom is -0.320 e. The normalized spacial score (nSPS) is 11.2. The molecular formula is C12H21ClN2S. The lowest BCUT2D eigenvalue weighted by Crippen LogP contribution is -2.23. The van der Waals surface area contributed by atoms with Crippen LogP contribution in [0, 0.1) is 0 Å². The van der Waals surface area contributed by atoms with Crippen LogP contribution in [0.4, 0.5) is 0 Å². The highest BCUT2D eigenvalue weighted by Crippen LogP contribution is 2.21. The number of nitrogens with zero attached hydrogens (tertiary/aromatic N) is 1. The molecule has 1 N–H and O–H groups in total. The maximum absolute atomic E-state index is 5.89. The van der Waals surface area contributed by atoms with E-state index in [0.717, 1.165) is 23.8 Å². The van der Waals surface area contributed by atoms with E-state index in [2.05, 4.69) is 23.3 Å². The third kappa shape index (κ3) is 5.85. The van der Waals surface area contributed by atoms with Crippen molar-refractivity contribution in [3.8, 4) is 0 Å². The van der Waals surface area contributed by atoms with Crippen molar-refractivity contribution < 1.29 is 0 Å². The Bertz CT molecular complexity index is 288. The Morgan fingerprint density at radius 1 is 1.31 bits per heavy atom. The van der Waals surface area contributed by atoms with E-state index in [9.17, 15) is 0 Å². The molecule has 0 spiro atoms. The van der Waals surface area contributed by atoms with Crippen LogP contribution >= 0.6 is 22.9 Å². The van der Waals surface area contributed by atoms with Crippen molar-refractivity contribution in [3.05, 3.63) is 21.3 Å². The fourth-order valence-corrected chi connectivity index (χ4v) is 2.66. The fourth-order valence-electron chi connectivity index (χ4n) is 1.58. The lowest BCUT2D eigenvalue weighted by molar-refractivity contribution is 0.330. The van der Waals surface area contributed by atoms with Crippen LogP contribution in [0.1, 0.15) is 17.7 Å². The van der Waals surface area contributed by atoms with E-state index in [4.69, 9.17) is 11.6 Å². The minimum atomic E-state index is 0.895. The zero-order valence-electron chi connectivity index (χ0n) is 10.1. The van der Waals surface area contributed by atoms with E-state index in [1.54, 1.807) is 11.3 Å². The third-order valence-electron chi connectivity index (χ3n) is 2.59. The Hall–Kier alpha value is -0.0900. The lowest BCUT2D eigenvalue weighted by atomic mass is 10.2. The van der Waals surface area contributed by atoms with Crippen LogP contribution in [0.3, 0.4) is 0 Å². The van der Waals surface area contributed by atoms with Crippen LogP contribution < -0.4 is 5.32 Å². The summed E-state index contributed by atoms with van der Waals surface area (Å²) in [6.45, 7) is 3.42. The van der Waals surface area contributed by atoms with Gasteiger partial charge in [-0.1, -0.05) is 11.6 Å². The molecule has 0 radical (unpaired) electrons. The summed E-state index contributed by atoms with van der Waals surface area (Å²) in [4.78, 5) is 3.77. The highest BCUT2D eigenvalue weighted by Gasteiger charge is 2.01. The predicted molar refractivity (Wildman–Crippen MR) is 73.7 cm³/mol. The standard InChI is InChI=1S/C12H21ClN2S/c1-14-8-3-4-9-15(2)10-7-11-5-6-12(13)16-11/h5-6,14H,3-4,7-10H2,1-2H3. The van der Waals surface area contributed by atoms with Crippen LogP contribution in [-0.2, 0) is 6.42 Å². The number of likely N-dealkylation sites (N-methyl/N-ethyl adjacent to an activating group) is 1. The van der Waals surface area contributed by atoms with Gasteiger partial charge in [0.1, 0.15) is 0 Å². The van der Waals surface area contributed by atoms with E-state index in [0.29, 0.717) is 0 Å². The molecule has 0 aliphatic heterocycles. The summed E-state index contributed by atoms with van der Waals surface area (Å²) in [6.07, 6.45) is 3.63. The Morgan fingerprint density at radius 3 is 2.75 bits per heavy atom. The summed E-state index contributed by atoms with van der Waals surface area (Å²) in [5.41, 5.74) is 0. The molecule has 4 heteroatoms. The summed E-state index contributed by atoms with van der Waals surface area (Å²) in [5.74, 6) is 0. The topological polar surface area (TPSA) is 15.3 Å². The lowest BCUT2D eigenvalue weighted by Gasteiger charge is -2.15. The molecule has 0 aliphatic rings. The number of rotatable bonds is 8. The summed E-state index contributed by atoms with van der Waals surface area (Å²) < 4.78 is 0.895. The SMILES string of the molecule is CNCCCCN(C)CCc1ccc(Cl)s1. The van der Waals surface area contributed by atoms with Crippen molar-refractivity contribution in [2.75, 3.05) is 33.7 Å². The van der Waals surface area contributed by atoms with Gasteiger partial charge in [0.05, 0.1) is 4.34 Å². The number of nitrogens with one attached hydrogen (secondary N) is 1. The summed E-state index contributed by atoms with van der Waals surface area (Å²) in [5, 5.41) is 3.17. The first-order chi connectivity index (χ1) is 7.72. The Morgan fingerprint density at radius 2 is 2.12 bits per heavy atom. The van der Waals surface area contributed by atoms with Gasteiger partial charge in [-0.2, -0.15) is 0 Å². The van der Waals surface area contributed by atoms with Gasteiger partial charge in [-0.15, -0.1) is 11.3 Å². The van der Waals surface area contributed by atoms with Crippen molar-refractivity contribution in [1.82, 2.24) is 10.2 Å². The number of unbranched alkanes of at least 4 members (excludes halogenated alkanes) is 1. The molecule has 0 bridgehead atoms. The van der Waals surface area contributed by atoms with Gasteiger partial charge < -0.3 is 10.2 Å². The van der Waals surface area contributed by atoms with E-state index >= 15 is 0 Å². The van der Waals surface area contributed by atoms with Gasteiger partial charge >= 0.3 is 0 Å². The molecule has 0 saturated heterocycles. The van der Waals surface area contributed by atoms with E-state index in [-0.39, 0.29) is 0 Å². The number of hydrogen-bond donors (Lipinski definition) is 1. The Balaban J connectivity index is 2.08. The van der Waals surface area contributed by atoms with Gasteiger partial charge in [0.2, 0.25) is 0 Å². The molecular weight excluding hydrogens is 240 g/mol. The number of thiophene rings is 1. The average molecular weight is 261 g/mol. The van der Waals surface area contributed by atoms with Crippen LogP contribution in [0.25, 0.3) is 0 Å². The van der Waals surface area contributed by atoms with E-state index < -0.39 is 0 Å². The molecule has 0 saturated carbocycles. The Kier molecular flexibility index (Phi) is 7.05. The number of halogens is 1. The smallest absolute Gasteiger partial charge is 0.0931 e. The molecule has 1 heterocycles. The fraction of sp³-hybridized carbons (Fsp3) is 0.667. The highest BCUT2D eigenvalue weighted by atomic mass is 35.5. The van der Waals surface area contributed by atoms with Gasteiger partial charge in [-0.3, -0.25) is 0 Å². The summed E-state index contributed by atoms with van der Waals surface area (Å²) in [6, 6.07) is 4.11. The second-order valence-corrected chi connectivity index (χ2v) is 5.87. The van der Waals surface area contributed by atoms with E-state index in [1.807, 2.05) is 13.1 Å². The first-order valence-electron chi connectivity index (χ1n) is 5.79. The van der Waals surface area contributed by atoms with Gasteiger partial charge in [0, 0.05) is 11.4 Å². The molecule has 2 nitrogen and oxygen atoms in total. The van der Waals surface area contributed by atoms with Crippen LogP contribution in [0.5, 0.6) is 0 Å². The largest absolute Gasteiger partial charge is 0.320 e. The van der Waals surface area contributed by atoms with Crippen LogP contribution in [0.2, 0.25) is 4.34 Å². The molecule has 0 unspecified atom stereocenters. The first-order valence-corrected chi connectivity index (χ1v) is 6.99. The van der Waals surface area contributed by atoms with Crippen molar-refractivity contribution in [2.45, 2.75) is 19.3 Å². The van der Waals surface area contributed by atoms with Crippen molar-refractivity contribution in [3.63, 3.8) is 0 Å². The number of hydrogen-bond acceptors (Lipinski definition) is 3. The molecule has 0 fully saturated rings. The van der Waals surface area contributed by atoms with Gasteiger partial charge in [0.25, 0.3) is 0 Å². The summed E-state index contributed by atoms with van der Waals surface area (Å²) in [7, 11) is 4.19. The van der Waals surface area contributed by atoms with Crippen molar-refractivity contribution in [1.29, 1.82) is 0 Å². The van der Waals surface area contributed by atoms with Crippen molar-refractivity contribution in [2.24, 2.45) is 0 Å². The average Bonchev–Trinajstić information content (AvgIpc) is 2.68. The van der Waals surface area contributed by atoms with Gasteiger partial charge in [0.15, 0.2) is 0 Å². The highest BCUT2D eigenvalue weighted by molar-refractivity contribution is 7.16. The molecule has 1 rings (SSSR count). The van der Waals surface area contributed by atoms with Crippen molar-refractivity contribution >= 4 is 22.9 Å². The first kappa shape index (κ1) is 14.0. The van der Waals surface area contributed by atoms with Crippen LogP contribution in [0.15, 0.2) is 12.1 Å². The molecule has 0 atom stereocenters. The molecule has 1 aromatic heterocycles. The van der Waals surface area contributed by atoms with Gasteiger partial charge in [-0.25, -0.2) is 0 Å². The second kappa shape index (κ2) is 8.07. The second-order valence-electron chi connectivity index (χ2n) is 4.07. The van der Waals surface area contributed by atoms with Gasteiger partial charge in [-0.05, 0) is 58.6 Å².